The highest BCUT2D eigenvalue weighted by Crippen LogP contribution is 2.25. The van der Waals surface area contributed by atoms with Crippen molar-refractivity contribution in [3.63, 3.8) is 0 Å². The van der Waals surface area contributed by atoms with Crippen LogP contribution in [0, 0.1) is 0 Å². The Morgan fingerprint density at radius 3 is 2.70 bits per heavy atom. The number of hydrogen-bond acceptors (Lipinski definition) is 3. The summed E-state index contributed by atoms with van der Waals surface area (Å²) in [6.45, 7) is 7.73. The molecule has 0 radical (unpaired) electrons. The van der Waals surface area contributed by atoms with Crippen molar-refractivity contribution < 1.29 is 0 Å². The average Bonchev–Trinajstić information content (AvgIpc) is 2.57. The molecule has 23 heavy (non-hydrogen) atoms. The quantitative estimate of drug-likeness (QED) is 0.640. The minimum atomic E-state index is 0.258. The molecule has 1 atom stereocenters. The van der Waals surface area contributed by atoms with Gasteiger partial charge in [-0.15, -0.1) is 11.6 Å². The van der Waals surface area contributed by atoms with Crippen LogP contribution in [0.3, 0.4) is 0 Å². The van der Waals surface area contributed by atoms with Crippen LogP contribution in [0.15, 0.2) is 30.5 Å². The van der Waals surface area contributed by atoms with E-state index in [1.165, 1.54) is 0 Å². The lowest BCUT2D eigenvalue weighted by molar-refractivity contribution is 0.295. The van der Waals surface area contributed by atoms with Gasteiger partial charge in [0.05, 0.1) is 5.52 Å². The lowest BCUT2D eigenvalue weighted by atomic mass is 10.1. The van der Waals surface area contributed by atoms with Crippen LogP contribution in [0.2, 0.25) is 5.02 Å². The number of hydrogen-bond donors (Lipinski definition) is 1. The first-order valence-corrected chi connectivity index (χ1v) is 9.18. The first-order valence-electron chi connectivity index (χ1n) is 8.27. The number of benzene rings is 1. The molecule has 0 aliphatic rings. The van der Waals surface area contributed by atoms with E-state index < -0.39 is 0 Å². The highest BCUT2D eigenvalue weighted by molar-refractivity contribution is 6.31. The van der Waals surface area contributed by atoms with Crippen LogP contribution in [-0.4, -0.2) is 41.4 Å². The van der Waals surface area contributed by atoms with Gasteiger partial charge < -0.3 is 10.2 Å². The number of fused-ring (bicyclic) bond motifs is 1. The number of anilines is 1. The molecule has 0 fully saturated rings. The molecule has 0 amide bonds. The summed E-state index contributed by atoms with van der Waals surface area (Å²) in [5.41, 5.74) is 1.97. The van der Waals surface area contributed by atoms with Crippen LogP contribution in [-0.2, 0) is 0 Å². The Morgan fingerprint density at radius 1 is 1.22 bits per heavy atom. The second-order valence-corrected chi connectivity index (χ2v) is 6.43. The third kappa shape index (κ3) is 5.23. The molecule has 126 valence electrons. The Labute approximate surface area is 149 Å². The molecular formula is C18H25Cl2N3. The molecule has 1 heterocycles. The molecule has 0 spiro atoms. The van der Waals surface area contributed by atoms with Crippen LogP contribution < -0.4 is 5.32 Å². The molecule has 2 rings (SSSR count). The molecule has 1 aromatic heterocycles. The van der Waals surface area contributed by atoms with Gasteiger partial charge in [0.2, 0.25) is 0 Å². The summed E-state index contributed by atoms with van der Waals surface area (Å²) in [5, 5.41) is 5.35. The summed E-state index contributed by atoms with van der Waals surface area (Å²) in [7, 11) is 0. The number of rotatable bonds is 9. The van der Waals surface area contributed by atoms with Gasteiger partial charge in [-0.05, 0) is 56.7 Å². The lowest BCUT2D eigenvalue weighted by Crippen LogP contribution is -2.27. The molecule has 3 nitrogen and oxygen atoms in total. The van der Waals surface area contributed by atoms with Gasteiger partial charge in [-0.2, -0.15) is 0 Å². The lowest BCUT2D eigenvalue weighted by Gasteiger charge is -2.22. The molecule has 0 bridgehead atoms. The molecule has 2 aromatic rings. The zero-order valence-corrected chi connectivity index (χ0v) is 15.4. The average molecular weight is 354 g/mol. The molecule has 0 saturated heterocycles. The van der Waals surface area contributed by atoms with E-state index >= 15 is 0 Å². The molecule has 0 unspecified atom stereocenters. The summed E-state index contributed by atoms with van der Waals surface area (Å²) < 4.78 is 0. The number of aromatic nitrogens is 1. The van der Waals surface area contributed by atoms with Crippen molar-refractivity contribution in [2.24, 2.45) is 0 Å². The summed E-state index contributed by atoms with van der Waals surface area (Å²) >= 11 is 12.2. The standard InChI is InChI=1S/C18H25Cl2N3/c1-3-23(4-2)11-5-6-15(13-19)22-17-9-10-21-18-12-14(20)7-8-16(17)18/h7-10,12,15H,3-6,11,13H2,1-2H3,(H,21,22)/t15-/m0/s1. The number of pyridine rings is 1. The van der Waals surface area contributed by atoms with E-state index in [0.717, 1.165) is 49.1 Å². The van der Waals surface area contributed by atoms with Crippen molar-refractivity contribution in [3.8, 4) is 0 Å². The van der Waals surface area contributed by atoms with Crippen LogP contribution in [0.25, 0.3) is 10.9 Å². The molecule has 5 heteroatoms. The van der Waals surface area contributed by atoms with Gasteiger partial charge in [-0.25, -0.2) is 0 Å². The third-order valence-corrected chi connectivity index (χ3v) is 4.78. The van der Waals surface area contributed by atoms with E-state index in [2.05, 4.69) is 29.0 Å². The Kier molecular flexibility index (Phi) is 7.41. The van der Waals surface area contributed by atoms with Gasteiger partial charge >= 0.3 is 0 Å². The van der Waals surface area contributed by atoms with Crippen molar-refractivity contribution >= 4 is 39.8 Å². The molecule has 0 aliphatic heterocycles. The predicted molar refractivity (Wildman–Crippen MR) is 102 cm³/mol. The molecule has 1 N–H and O–H groups in total. The third-order valence-electron chi connectivity index (χ3n) is 4.17. The molecule has 0 aliphatic carbocycles. The second-order valence-electron chi connectivity index (χ2n) is 5.68. The van der Waals surface area contributed by atoms with Gasteiger partial charge in [-0.3, -0.25) is 4.98 Å². The van der Waals surface area contributed by atoms with E-state index in [-0.39, 0.29) is 6.04 Å². The minimum Gasteiger partial charge on any atom is -0.381 e. The van der Waals surface area contributed by atoms with Gasteiger partial charge in [0.25, 0.3) is 0 Å². The van der Waals surface area contributed by atoms with Gasteiger partial charge in [0, 0.05) is 34.2 Å². The van der Waals surface area contributed by atoms with Crippen molar-refractivity contribution in [2.75, 3.05) is 30.8 Å². The SMILES string of the molecule is CCN(CC)CCC[C@@H](CCl)Nc1ccnc2cc(Cl)ccc12. The monoisotopic (exact) mass is 353 g/mol. The normalized spacial score (nSPS) is 12.7. The fourth-order valence-electron chi connectivity index (χ4n) is 2.76. The highest BCUT2D eigenvalue weighted by Gasteiger charge is 2.10. The largest absolute Gasteiger partial charge is 0.381 e. The van der Waals surface area contributed by atoms with E-state index in [4.69, 9.17) is 23.2 Å². The smallest absolute Gasteiger partial charge is 0.0737 e. The Hall–Kier alpha value is -1.03. The Balaban J connectivity index is 2.01. The van der Waals surface area contributed by atoms with E-state index in [9.17, 15) is 0 Å². The maximum atomic E-state index is 6.16. The molecular weight excluding hydrogens is 329 g/mol. The van der Waals surface area contributed by atoms with Crippen LogP contribution in [0.1, 0.15) is 26.7 Å². The number of halogens is 2. The fourth-order valence-corrected chi connectivity index (χ4v) is 3.15. The molecule has 0 saturated carbocycles. The number of nitrogens with one attached hydrogen (secondary N) is 1. The zero-order chi connectivity index (χ0) is 16.7. The molecule has 1 aromatic carbocycles. The summed E-state index contributed by atoms with van der Waals surface area (Å²) in [6.07, 6.45) is 4.00. The van der Waals surface area contributed by atoms with Crippen molar-refractivity contribution in [1.29, 1.82) is 0 Å². The van der Waals surface area contributed by atoms with Crippen LogP contribution in [0.4, 0.5) is 5.69 Å². The predicted octanol–water partition coefficient (Wildman–Crippen LogP) is 5.03. The van der Waals surface area contributed by atoms with E-state index in [0.29, 0.717) is 10.9 Å². The van der Waals surface area contributed by atoms with Gasteiger partial charge in [-0.1, -0.05) is 25.4 Å². The Morgan fingerprint density at radius 2 is 2.00 bits per heavy atom. The van der Waals surface area contributed by atoms with E-state index in [1.807, 2.05) is 30.5 Å². The minimum absolute atomic E-state index is 0.258. The summed E-state index contributed by atoms with van der Waals surface area (Å²) in [6, 6.07) is 8.05. The highest BCUT2D eigenvalue weighted by atomic mass is 35.5. The number of alkyl halides is 1. The van der Waals surface area contributed by atoms with Crippen molar-refractivity contribution in [2.45, 2.75) is 32.7 Å². The topological polar surface area (TPSA) is 28.2 Å². The summed E-state index contributed by atoms with van der Waals surface area (Å²) in [5.74, 6) is 0.593. The van der Waals surface area contributed by atoms with Crippen molar-refractivity contribution in [1.82, 2.24) is 9.88 Å². The Bertz CT molecular complexity index is 614. The zero-order valence-electron chi connectivity index (χ0n) is 13.9. The summed E-state index contributed by atoms with van der Waals surface area (Å²) in [4.78, 5) is 6.82. The van der Waals surface area contributed by atoms with Gasteiger partial charge in [0.15, 0.2) is 0 Å². The first kappa shape index (κ1) is 18.3. The maximum absolute atomic E-state index is 6.16. The van der Waals surface area contributed by atoms with Gasteiger partial charge in [0.1, 0.15) is 0 Å². The van der Waals surface area contributed by atoms with Crippen LogP contribution in [0.5, 0.6) is 0 Å². The van der Waals surface area contributed by atoms with Crippen LogP contribution >= 0.6 is 23.2 Å². The fraction of sp³-hybridized carbons (Fsp3) is 0.500. The first-order chi connectivity index (χ1) is 11.2. The second kappa shape index (κ2) is 9.31. The van der Waals surface area contributed by atoms with E-state index in [1.54, 1.807) is 0 Å². The number of nitrogens with zero attached hydrogens (tertiary/aromatic N) is 2. The van der Waals surface area contributed by atoms with Crippen molar-refractivity contribution in [3.05, 3.63) is 35.5 Å². The maximum Gasteiger partial charge on any atom is 0.0737 e.